The molecule has 1 unspecified atom stereocenters. The van der Waals surface area contributed by atoms with Gasteiger partial charge in [-0.3, -0.25) is 4.90 Å². The number of halogens is 7. The lowest BCUT2D eigenvalue weighted by Crippen LogP contribution is -2.58. The molecule has 3 aliphatic heterocycles. The van der Waals surface area contributed by atoms with Crippen LogP contribution in [0, 0.1) is 0 Å². The van der Waals surface area contributed by atoms with E-state index >= 15 is 0 Å². The second-order valence-corrected chi connectivity index (χ2v) is 6.01. The van der Waals surface area contributed by atoms with Gasteiger partial charge in [0.05, 0.1) is 0 Å². The molecule has 0 aromatic rings. The molecule has 0 spiro atoms. The van der Waals surface area contributed by atoms with Gasteiger partial charge in [0.1, 0.15) is 18.3 Å². The van der Waals surface area contributed by atoms with E-state index in [0.717, 1.165) is 0 Å². The SMILES string of the molecule is CN1[C@@H]2CC(OC(=O)C(F)(F)C(F)(F)C(F)(F)F)C[C@H]1[C@@H]1O[C@@H]12. The first-order valence-electron chi connectivity index (χ1n) is 6.78. The molecule has 23 heavy (non-hydrogen) atoms. The summed E-state index contributed by atoms with van der Waals surface area (Å²) >= 11 is 0. The van der Waals surface area contributed by atoms with Crippen LogP contribution in [-0.2, 0) is 14.3 Å². The summed E-state index contributed by atoms with van der Waals surface area (Å²) in [5.41, 5.74) is 0. The fraction of sp³-hybridized carbons (Fsp3) is 0.917. The summed E-state index contributed by atoms with van der Waals surface area (Å²) in [6.07, 6.45) is -7.87. The predicted octanol–water partition coefficient (Wildman–Crippen LogP) is 1.97. The molecule has 0 radical (unpaired) electrons. The molecule has 132 valence electrons. The molecule has 0 aromatic carbocycles. The van der Waals surface area contributed by atoms with Crippen LogP contribution in [0.4, 0.5) is 30.7 Å². The largest absolute Gasteiger partial charge is 0.460 e. The summed E-state index contributed by atoms with van der Waals surface area (Å²) in [6.45, 7) is 0. The van der Waals surface area contributed by atoms with Crippen molar-refractivity contribution in [3.8, 4) is 0 Å². The average molecular weight is 351 g/mol. The molecular formula is C12H12F7NO3. The van der Waals surface area contributed by atoms with Gasteiger partial charge in [0.15, 0.2) is 0 Å². The number of carbonyl (C=O) groups excluding carboxylic acids is 1. The maximum Gasteiger partial charge on any atom is 0.460 e. The summed E-state index contributed by atoms with van der Waals surface area (Å²) in [4.78, 5) is 13.1. The smallest absolute Gasteiger partial charge is 0.458 e. The van der Waals surface area contributed by atoms with Crippen molar-refractivity contribution in [2.75, 3.05) is 7.05 Å². The summed E-state index contributed by atoms with van der Waals surface area (Å²) in [7, 11) is 1.76. The molecule has 3 aliphatic rings. The highest BCUT2D eigenvalue weighted by atomic mass is 19.4. The number of alkyl halides is 7. The van der Waals surface area contributed by atoms with Crippen molar-refractivity contribution in [1.82, 2.24) is 4.90 Å². The Kier molecular flexibility index (Phi) is 3.43. The lowest BCUT2D eigenvalue weighted by Gasteiger charge is -2.38. The van der Waals surface area contributed by atoms with Gasteiger partial charge in [-0.05, 0) is 7.05 Å². The van der Waals surface area contributed by atoms with Crippen LogP contribution in [0.1, 0.15) is 12.8 Å². The average Bonchev–Trinajstić information content (AvgIpc) is 3.14. The van der Waals surface area contributed by atoms with Gasteiger partial charge in [-0.25, -0.2) is 4.79 Å². The first-order valence-corrected chi connectivity index (χ1v) is 6.78. The van der Waals surface area contributed by atoms with Crippen LogP contribution in [0.2, 0.25) is 0 Å². The van der Waals surface area contributed by atoms with E-state index in [-0.39, 0.29) is 37.1 Å². The van der Waals surface area contributed by atoms with Crippen LogP contribution in [0.15, 0.2) is 0 Å². The number of morpholine rings is 1. The van der Waals surface area contributed by atoms with E-state index in [1.807, 2.05) is 4.90 Å². The van der Waals surface area contributed by atoms with E-state index in [9.17, 15) is 35.5 Å². The van der Waals surface area contributed by atoms with Crippen molar-refractivity contribution >= 4 is 5.97 Å². The minimum Gasteiger partial charge on any atom is -0.458 e. The highest BCUT2D eigenvalue weighted by molar-refractivity contribution is 5.79. The second-order valence-electron chi connectivity index (χ2n) is 6.01. The van der Waals surface area contributed by atoms with E-state index in [2.05, 4.69) is 4.74 Å². The van der Waals surface area contributed by atoms with Gasteiger partial charge < -0.3 is 9.47 Å². The molecule has 0 amide bonds. The van der Waals surface area contributed by atoms with E-state index < -0.39 is 30.1 Å². The lowest BCUT2D eigenvalue weighted by atomic mass is 9.99. The molecule has 0 aromatic heterocycles. The number of ether oxygens (including phenoxy) is 2. The molecule has 5 atom stereocenters. The van der Waals surface area contributed by atoms with Crippen LogP contribution >= 0.6 is 0 Å². The molecule has 3 fully saturated rings. The molecule has 2 bridgehead atoms. The minimum atomic E-state index is -6.56. The fourth-order valence-corrected chi connectivity index (χ4v) is 3.33. The van der Waals surface area contributed by atoms with Crippen molar-refractivity contribution in [1.29, 1.82) is 0 Å². The number of likely N-dealkylation sites (N-methyl/N-ethyl adjacent to an activating group) is 1. The Labute approximate surface area is 125 Å². The normalized spacial score (nSPS) is 37.5. The van der Waals surface area contributed by atoms with Crippen molar-refractivity contribution < 1.29 is 45.0 Å². The van der Waals surface area contributed by atoms with Crippen molar-refractivity contribution in [3.63, 3.8) is 0 Å². The Morgan fingerprint density at radius 2 is 1.52 bits per heavy atom. The zero-order valence-electron chi connectivity index (χ0n) is 11.6. The summed E-state index contributed by atoms with van der Waals surface area (Å²) in [5.74, 6) is -15.3. The number of fused-ring (bicyclic) bond motifs is 5. The Balaban J connectivity index is 1.68. The fourth-order valence-electron chi connectivity index (χ4n) is 3.33. The Morgan fingerprint density at radius 3 is 1.96 bits per heavy atom. The highest BCUT2D eigenvalue weighted by Gasteiger charge is 2.77. The molecule has 0 N–H and O–H groups in total. The van der Waals surface area contributed by atoms with Crippen LogP contribution in [-0.4, -0.2) is 66.3 Å². The predicted molar refractivity (Wildman–Crippen MR) is 59.1 cm³/mol. The zero-order chi connectivity index (χ0) is 17.4. The van der Waals surface area contributed by atoms with Crippen molar-refractivity contribution in [3.05, 3.63) is 0 Å². The zero-order valence-corrected chi connectivity index (χ0v) is 11.6. The highest BCUT2D eigenvalue weighted by Crippen LogP contribution is 2.50. The number of nitrogens with zero attached hydrogens (tertiary/aromatic N) is 1. The van der Waals surface area contributed by atoms with Gasteiger partial charge >= 0.3 is 24.0 Å². The third-order valence-corrected chi connectivity index (χ3v) is 4.66. The molecule has 3 heterocycles. The Morgan fingerprint density at radius 1 is 1.04 bits per heavy atom. The monoisotopic (exact) mass is 351 g/mol. The minimum absolute atomic E-state index is 0.0492. The first-order chi connectivity index (χ1) is 10.4. The molecule has 0 saturated carbocycles. The van der Waals surface area contributed by atoms with E-state index in [1.165, 1.54) is 0 Å². The van der Waals surface area contributed by atoms with Gasteiger partial charge in [0.2, 0.25) is 0 Å². The number of carbonyl (C=O) groups is 1. The van der Waals surface area contributed by atoms with Gasteiger partial charge in [0, 0.05) is 24.9 Å². The third-order valence-electron chi connectivity index (χ3n) is 4.66. The van der Waals surface area contributed by atoms with Gasteiger partial charge in [-0.15, -0.1) is 0 Å². The van der Waals surface area contributed by atoms with Gasteiger partial charge in [0.25, 0.3) is 0 Å². The number of esters is 1. The second kappa shape index (κ2) is 4.71. The Hall–Kier alpha value is -1.10. The molecule has 11 heteroatoms. The summed E-state index contributed by atoms with van der Waals surface area (Å²) in [6, 6.07) is -0.457. The Bertz CT molecular complexity index is 505. The lowest BCUT2D eigenvalue weighted by molar-refractivity contribution is -0.349. The third kappa shape index (κ3) is 2.31. The van der Waals surface area contributed by atoms with Gasteiger partial charge in [-0.2, -0.15) is 30.7 Å². The molecule has 3 rings (SSSR count). The van der Waals surface area contributed by atoms with Crippen molar-refractivity contribution in [2.24, 2.45) is 0 Å². The molecule has 0 aliphatic carbocycles. The van der Waals surface area contributed by atoms with E-state index in [1.54, 1.807) is 7.05 Å². The first kappa shape index (κ1) is 16.7. The quantitative estimate of drug-likeness (QED) is 0.443. The van der Waals surface area contributed by atoms with Crippen LogP contribution < -0.4 is 0 Å². The summed E-state index contributed by atoms with van der Waals surface area (Å²) < 4.78 is 97.8. The number of hydrogen-bond donors (Lipinski definition) is 0. The number of rotatable bonds is 3. The van der Waals surface area contributed by atoms with Gasteiger partial charge in [-0.1, -0.05) is 0 Å². The number of hydrogen-bond acceptors (Lipinski definition) is 4. The van der Waals surface area contributed by atoms with Crippen LogP contribution in [0.3, 0.4) is 0 Å². The van der Waals surface area contributed by atoms with Crippen LogP contribution in [0.5, 0.6) is 0 Å². The summed E-state index contributed by atoms with van der Waals surface area (Å²) in [5, 5.41) is 0. The molecular weight excluding hydrogens is 339 g/mol. The van der Waals surface area contributed by atoms with E-state index in [4.69, 9.17) is 4.74 Å². The molecule has 4 nitrogen and oxygen atoms in total. The standard InChI is InChI=1S/C12H12F7NO3/c1-20-5-2-4(3-6(20)8-7(5)23-8)22-9(21)10(13,14)11(15,16)12(17,18)19/h4-8H,2-3H2,1H3/t4?,5-,6+,7-,8+. The van der Waals surface area contributed by atoms with Crippen LogP contribution in [0.25, 0.3) is 0 Å². The molecule has 3 saturated heterocycles. The van der Waals surface area contributed by atoms with Crippen molar-refractivity contribution in [2.45, 2.75) is 61.3 Å². The van der Waals surface area contributed by atoms with E-state index in [0.29, 0.717) is 0 Å². The maximum atomic E-state index is 13.2. The maximum absolute atomic E-state index is 13.2. The number of epoxide rings is 1. The number of piperidine rings is 1. The topological polar surface area (TPSA) is 42.1 Å².